The fraction of sp³-hybridized carbons (Fsp3) is 0.778. The van der Waals surface area contributed by atoms with Crippen molar-refractivity contribution in [3.05, 3.63) is 16.1 Å². The maximum atomic E-state index is 4.64. The van der Waals surface area contributed by atoms with Gasteiger partial charge in [-0.15, -0.1) is 35.3 Å². The molecular formula is C18H36IN5S. The SMILES string of the molecule is CN=C(NCCCN(C(C)C)C(C)C)NCc1nc(C(C)C)cs1.I. The van der Waals surface area contributed by atoms with Crippen molar-refractivity contribution in [2.45, 2.75) is 72.5 Å². The minimum atomic E-state index is 0. The molecule has 2 N–H and O–H groups in total. The van der Waals surface area contributed by atoms with Crippen LogP contribution in [0.15, 0.2) is 10.4 Å². The molecule has 146 valence electrons. The lowest BCUT2D eigenvalue weighted by molar-refractivity contribution is 0.173. The summed E-state index contributed by atoms with van der Waals surface area (Å²) in [4.78, 5) is 11.4. The minimum Gasteiger partial charge on any atom is -0.356 e. The Labute approximate surface area is 175 Å². The van der Waals surface area contributed by atoms with Gasteiger partial charge in [0.15, 0.2) is 5.96 Å². The number of aromatic nitrogens is 1. The monoisotopic (exact) mass is 481 g/mol. The van der Waals surface area contributed by atoms with Crippen molar-refractivity contribution in [1.29, 1.82) is 0 Å². The third-order valence-corrected chi connectivity index (χ3v) is 4.87. The Morgan fingerprint density at radius 3 is 2.28 bits per heavy atom. The number of hydrogen-bond acceptors (Lipinski definition) is 4. The van der Waals surface area contributed by atoms with Gasteiger partial charge in [0.2, 0.25) is 0 Å². The quantitative estimate of drug-likeness (QED) is 0.242. The van der Waals surface area contributed by atoms with Gasteiger partial charge in [-0.25, -0.2) is 4.98 Å². The van der Waals surface area contributed by atoms with Crippen molar-refractivity contribution in [1.82, 2.24) is 20.5 Å². The summed E-state index contributed by atoms with van der Waals surface area (Å²) < 4.78 is 0. The highest BCUT2D eigenvalue weighted by Gasteiger charge is 2.12. The molecule has 0 saturated heterocycles. The predicted molar refractivity (Wildman–Crippen MR) is 121 cm³/mol. The zero-order chi connectivity index (χ0) is 18.1. The first-order chi connectivity index (χ1) is 11.3. The van der Waals surface area contributed by atoms with E-state index in [9.17, 15) is 0 Å². The van der Waals surface area contributed by atoms with Crippen molar-refractivity contribution in [2.24, 2.45) is 4.99 Å². The maximum Gasteiger partial charge on any atom is 0.191 e. The van der Waals surface area contributed by atoms with Crippen LogP contribution >= 0.6 is 35.3 Å². The second kappa shape index (κ2) is 12.9. The molecule has 0 bridgehead atoms. The van der Waals surface area contributed by atoms with Gasteiger partial charge in [0.05, 0.1) is 12.2 Å². The average molecular weight is 481 g/mol. The summed E-state index contributed by atoms with van der Waals surface area (Å²) in [5, 5.41) is 9.98. The van der Waals surface area contributed by atoms with Crippen molar-refractivity contribution in [3.63, 3.8) is 0 Å². The van der Waals surface area contributed by atoms with Crippen LogP contribution in [0.4, 0.5) is 0 Å². The lowest BCUT2D eigenvalue weighted by Gasteiger charge is -2.30. The largest absolute Gasteiger partial charge is 0.356 e. The van der Waals surface area contributed by atoms with Crippen molar-refractivity contribution in [3.8, 4) is 0 Å². The third kappa shape index (κ3) is 9.19. The molecule has 25 heavy (non-hydrogen) atoms. The molecule has 0 radical (unpaired) electrons. The molecule has 0 unspecified atom stereocenters. The Morgan fingerprint density at radius 1 is 1.16 bits per heavy atom. The van der Waals surface area contributed by atoms with E-state index in [0.717, 1.165) is 37.0 Å². The number of thiazole rings is 1. The lowest BCUT2D eigenvalue weighted by Crippen LogP contribution is -2.41. The summed E-state index contributed by atoms with van der Waals surface area (Å²) in [6.07, 6.45) is 1.10. The predicted octanol–water partition coefficient (Wildman–Crippen LogP) is 4.06. The topological polar surface area (TPSA) is 52.6 Å². The van der Waals surface area contributed by atoms with E-state index < -0.39 is 0 Å². The summed E-state index contributed by atoms with van der Waals surface area (Å²) >= 11 is 1.71. The van der Waals surface area contributed by atoms with Crippen LogP contribution in [0.1, 0.15) is 64.6 Å². The molecule has 0 atom stereocenters. The van der Waals surface area contributed by atoms with E-state index in [0.29, 0.717) is 18.0 Å². The second-order valence-electron chi connectivity index (χ2n) is 6.95. The Hall–Kier alpha value is -0.410. The zero-order valence-electron chi connectivity index (χ0n) is 16.8. The number of nitrogens with one attached hydrogen (secondary N) is 2. The van der Waals surface area contributed by atoms with Gasteiger partial charge in [-0.1, -0.05) is 13.8 Å². The van der Waals surface area contributed by atoms with Crippen LogP contribution in [0, 0.1) is 0 Å². The molecule has 1 aromatic heterocycles. The van der Waals surface area contributed by atoms with E-state index in [1.54, 1.807) is 11.3 Å². The Bertz CT molecular complexity index is 491. The molecular weight excluding hydrogens is 445 g/mol. The molecule has 0 aliphatic heterocycles. The smallest absolute Gasteiger partial charge is 0.191 e. The highest BCUT2D eigenvalue weighted by atomic mass is 127. The maximum absolute atomic E-state index is 4.64. The fourth-order valence-corrected chi connectivity index (χ4v) is 3.53. The second-order valence-corrected chi connectivity index (χ2v) is 7.89. The molecule has 1 rings (SSSR count). The molecule has 7 heteroatoms. The van der Waals surface area contributed by atoms with Crippen molar-refractivity contribution in [2.75, 3.05) is 20.1 Å². The first-order valence-corrected chi connectivity index (χ1v) is 9.87. The summed E-state index contributed by atoms with van der Waals surface area (Å²) in [5.74, 6) is 1.33. The Morgan fingerprint density at radius 2 is 1.80 bits per heavy atom. The zero-order valence-corrected chi connectivity index (χ0v) is 19.9. The first-order valence-electron chi connectivity index (χ1n) is 8.99. The molecule has 5 nitrogen and oxygen atoms in total. The van der Waals surface area contributed by atoms with Crippen LogP contribution < -0.4 is 10.6 Å². The highest BCUT2D eigenvalue weighted by molar-refractivity contribution is 14.0. The molecule has 0 spiro atoms. The number of aliphatic imine (C=N–C) groups is 1. The minimum absolute atomic E-state index is 0. The van der Waals surface area contributed by atoms with Gasteiger partial charge < -0.3 is 10.6 Å². The van der Waals surface area contributed by atoms with Crippen LogP contribution in [0.2, 0.25) is 0 Å². The number of guanidine groups is 1. The molecule has 1 heterocycles. The first kappa shape index (κ1) is 24.6. The van der Waals surface area contributed by atoms with Gasteiger partial charge in [0.25, 0.3) is 0 Å². The van der Waals surface area contributed by atoms with Gasteiger partial charge in [0, 0.05) is 37.6 Å². The fourth-order valence-electron chi connectivity index (χ4n) is 2.63. The highest BCUT2D eigenvalue weighted by Crippen LogP contribution is 2.17. The van der Waals surface area contributed by atoms with E-state index in [4.69, 9.17) is 0 Å². The summed E-state index contributed by atoms with van der Waals surface area (Å²) in [6, 6.07) is 1.17. The van der Waals surface area contributed by atoms with E-state index >= 15 is 0 Å². The normalized spacial score (nSPS) is 12.2. The van der Waals surface area contributed by atoms with E-state index in [1.807, 2.05) is 7.05 Å². The van der Waals surface area contributed by atoms with Crippen molar-refractivity contribution < 1.29 is 0 Å². The van der Waals surface area contributed by atoms with Gasteiger partial charge in [0.1, 0.15) is 5.01 Å². The lowest BCUT2D eigenvalue weighted by atomic mass is 10.2. The molecule has 0 aliphatic carbocycles. The van der Waals surface area contributed by atoms with Crippen LogP contribution in [-0.2, 0) is 6.54 Å². The third-order valence-electron chi connectivity index (χ3n) is 4.00. The molecule has 1 aromatic rings. The van der Waals surface area contributed by atoms with Gasteiger partial charge in [-0.05, 0) is 40.0 Å². The number of nitrogens with zero attached hydrogens (tertiary/aromatic N) is 3. The molecule has 0 fully saturated rings. The van der Waals surface area contributed by atoms with E-state index in [2.05, 4.69) is 72.4 Å². The van der Waals surface area contributed by atoms with Crippen LogP contribution in [-0.4, -0.2) is 48.1 Å². The van der Waals surface area contributed by atoms with Crippen LogP contribution in [0.25, 0.3) is 0 Å². The number of rotatable bonds is 9. The van der Waals surface area contributed by atoms with Gasteiger partial charge in [-0.3, -0.25) is 9.89 Å². The van der Waals surface area contributed by atoms with E-state index in [1.165, 1.54) is 5.69 Å². The van der Waals surface area contributed by atoms with Crippen molar-refractivity contribution >= 4 is 41.3 Å². The molecule has 0 aliphatic rings. The Balaban J connectivity index is 0.00000576. The van der Waals surface area contributed by atoms with Gasteiger partial charge >= 0.3 is 0 Å². The van der Waals surface area contributed by atoms with Gasteiger partial charge in [-0.2, -0.15) is 0 Å². The standard InChI is InChI=1S/C18H35N5S.HI/c1-13(2)16-12-24-17(22-16)11-21-18(19-7)20-9-8-10-23(14(3)4)15(5)6;/h12-15H,8-11H2,1-7H3,(H2,19,20,21);1H. The van der Waals surface area contributed by atoms with E-state index in [-0.39, 0.29) is 24.0 Å². The molecule has 0 aromatic carbocycles. The molecule has 0 saturated carbocycles. The molecule has 0 amide bonds. The summed E-state index contributed by atoms with van der Waals surface area (Å²) in [7, 11) is 1.81. The summed E-state index contributed by atoms with van der Waals surface area (Å²) in [6.45, 7) is 16.1. The van der Waals surface area contributed by atoms with Crippen LogP contribution in [0.5, 0.6) is 0 Å². The Kier molecular flexibility index (Phi) is 12.7. The number of halogens is 1. The van der Waals surface area contributed by atoms with Crippen LogP contribution in [0.3, 0.4) is 0 Å². The summed E-state index contributed by atoms with van der Waals surface area (Å²) in [5.41, 5.74) is 1.17. The number of hydrogen-bond donors (Lipinski definition) is 2. The average Bonchev–Trinajstić information content (AvgIpc) is 2.98.